The summed E-state index contributed by atoms with van der Waals surface area (Å²) in [5.74, 6) is 1.05. The number of fused-ring (bicyclic) bond motifs is 3. The lowest BCUT2D eigenvalue weighted by atomic mass is 9.91. The van der Waals surface area contributed by atoms with Gasteiger partial charge in [-0.3, -0.25) is 14.7 Å². The normalized spacial score (nSPS) is 25.7. The zero-order chi connectivity index (χ0) is 21.0. The molecule has 31 heavy (non-hydrogen) atoms. The van der Waals surface area contributed by atoms with Crippen molar-refractivity contribution in [1.29, 1.82) is 0 Å². The Balaban J connectivity index is 1.09. The van der Waals surface area contributed by atoms with Crippen LogP contribution in [-0.4, -0.2) is 72.5 Å². The van der Waals surface area contributed by atoms with Gasteiger partial charge >= 0.3 is 5.97 Å². The van der Waals surface area contributed by atoms with Crippen molar-refractivity contribution in [3.8, 4) is 0 Å². The van der Waals surface area contributed by atoms with Crippen LogP contribution in [-0.2, 0) is 16.1 Å². The van der Waals surface area contributed by atoms with Gasteiger partial charge in [0.05, 0.1) is 18.6 Å². The van der Waals surface area contributed by atoms with Crippen LogP contribution in [0, 0.1) is 0 Å². The molecule has 1 saturated heterocycles. The molecule has 6 nitrogen and oxygen atoms in total. The van der Waals surface area contributed by atoms with Crippen molar-refractivity contribution >= 4 is 11.8 Å². The second-order valence-electron chi connectivity index (χ2n) is 8.94. The summed E-state index contributed by atoms with van der Waals surface area (Å²) in [5.41, 5.74) is 2.19. The minimum absolute atomic E-state index is 0.206. The summed E-state index contributed by atoms with van der Waals surface area (Å²) in [6, 6.07) is 11.1. The van der Waals surface area contributed by atoms with E-state index < -0.39 is 0 Å². The summed E-state index contributed by atoms with van der Waals surface area (Å²) in [4.78, 5) is 22.2. The van der Waals surface area contributed by atoms with Gasteiger partial charge in [-0.05, 0) is 24.0 Å². The molecule has 1 N–H and O–H groups in total. The summed E-state index contributed by atoms with van der Waals surface area (Å²) in [6.45, 7) is 4.56. The Morgan fingerprint density at radius 2 is 2.03 bits per heavy atom. The predicted molar refractivity (Wildman–Crippen MR) is 122 cm³/mol. The number of nitrogens with one attached hydrogen (secondary N) is 1. The first-order valence-corrected chi connectivity index (χ1v) is 11.6. The molecule has 0 bridgehead atoms. The van der Waals surface area contributed by atoms with E-state index in [2.05, 4.69) is 33.3 Å². The first-order valence-electron chi connectivity index (χ1n) is 11.6. The summed E-state index contributed by atoms with van der Waals surface area (Å²) in [6.07, 6.45) is 12.0. The first kappa shape index (κ1) is 20.5. The lowest BCUT2D eigenvalue weighted by Gasteiger charge is -2.37. The highest BCUT2D eigenvalue weighted by Crippen LogP contribution is 2.30. The smallest absolute Gasteiger partial charge is 0.320 e. The molecule has 2 heterocycles. The van der Waals surface area contributed by atoms with E-state index in [1.807, 2.05) is 30.3 Å². The van der Waals surface area contributed by atoms with E-state index in [1.165, 1.54) is 30.7 Å². The van der Waals surface area contributed by atoms with Crippen molar-refractivity contribution in [2.24, 2.45) is 4.99 Å². The molecule has 2 aliphatic carbocycles. The Morgan fingerprint density at radius 3 is 2.84 bits per heavy atom. The molecule has 0 radical (unpaired) electrons. The lowest BCUT2D eigenvalue weighted by molar-refractivity contribution is -0.143. The van der Waals surface area contributed by atoms with E-state index in [1.54, 1.807) is 0 Å². The third-order valence-electron chi connectivity index (χ3n) is 6.91. The molecule has 2 atom stereocenters. The second-order valence-corrected chi connectivity index (χ2v) is 8.94. The number of ether oxygens (including phenoxy) is 1. The van der Waals surface area contributed by atoms with Gasteiger partial charge in [0.15, 0.2) is 0 Å². The fourth-order valence-corrected chi connectivity index (χ4v) is 4.94. The van der Waals surface area contributed by atoms with Crippen LogP contribution < -0.4 is 5.32 Å². The molecule has 6 heteroatoms. The number of nitrogens with zero attached hydrogens (tertiary/aromatic N) is 3. The Labute approximate surface area is 184 Å². The van der Waals surface area contributed by atoms with Crippen molar-refractivity contribution in [2.45, 2.75) is 50.4 Å². The van der Waals surface area contributed by atoms with Gasteiger partial charge in [-0.15, -0.1) is 0 Å². The molecule has 1 aromatic carbocycles. The molecule has 164 valence electrons. The van der Waals surface area contributed by atoms with Gasteiger partial charge in [0.1, 0.15) is 12.4 Å². The van der Waals surface area contributed by atoms with Crippen LogP contribution in [0.3, 0.4) is 0 Å². The Morgan fingerprint density at radius 1 is 1.16 bits per heavy atom. The number of hydrogen-bond donors (Lipinski definition) is 1. The van der Waals surface area contributed by atoms with Crippen LogP contribution in [0.1, 0.15) is 31.2 Å². The van der Waals surface area contributed by atoms with Crippen LogP contribution in [0.5, 0.6) is 0 Å². The number of esters is 1. The van der Waals surface area contributed by atoms with Crippen LogP contribution in [0.2, 0.25) is 0 Å². The number of amidine groups is 1. The van der Waals surface area contributed by atoms with Gasteiger partial charge in [0, 0.05) is 38.6 Å². The molecule has 2 aliphatic heterocycles. The van der Waals surface area contributed by atoms with Gasteiger partial charge in [-0.2, -0.15) is 0 Å². The number of rotatable bonds is 7. The van der Waals surface area contributed by atoms with Crippen molar-refractivity contribution in [2.75, 3.05) is 32.7 Å². The van der Waals surface area contributed by atoms with Crippen molar-refractivity contribution < 1.29 is 9.53 Å². The van der Waals surface area contributed by atoms with Gasteiger partial charge in [-0.25, -0.2) is 0 Å². The first-order chi connectivity index (χ1) is 15.3. The van der Waals surface area contributed by atoms with Crippen LogP contribution >= 0.6 is 0 Å². The average Bonchev–Trinajstić information content (AvgIpc) is 2.97. The molecule has 2 unspecified atom stereocenters. The quantitative estimate of drug-likeness (QED) is 0.687. The summed E-state index contributed by atoms with van der Waals surface area (Å²) >= 11 is 0. The van der Waals surface area contributed by atoms with E-state index in [4.69, 9.17) is 9.73 Å². The zero-order valence-corrected chi connectivity index (χ0v) is 18.1. The third-order valence-corrected chi connectivity index (χ3v) is 6.91. The van der Waals surface area contributed by atoms with Gasteiger partial charge in [-0.1, -0.05) is 55.0 Å². The zero-order valence-electron chi connectivity index (χ0n) is 18.1. The average molecular weight is 421 g/mol. The number of carbonyl (C=O) groups excluding carboxylic acids is 1. The third kappa shape index (κ3) is 4.75. The molecule has 0 amide bonds. The highest BCUT2D eigenvalue weighted by molar-refractivity contribution is 5.86. The van der Waals surface area contributed by atoms with Crippen molar-refractivity contribution in [3.63, 3.8) is 0 Å². The van der Waals surface area contributed by atoms with E-state index in [0.717, 1.165) is 37.7 Å². The van der Waals surface area contributed by atoms with Crippen LogP contribution in [0.4, 0.5) is 0 Å². The minimum Gasteiger partial charge on any atom is -0.460 e. The summed E-state index contributed by atoms with van der Waals surface area (Å²) < 4.78 is 5.33. The van der Waals surface area contributed by atoms with Crippen molar-refractivity contribution in [1.82, 2.24) is 15.1 Å². The highest BCUT2D eigenvalue weighted by atomic mass is 16.5. The van der Waals surface area contributed by atoms with E-state index >= 15 is 0 Å². The molecule has 0 spiro atoms. The number of hydrogen-bond acceptors (Lipinski definition) is 6. The fourth-order valence-electron chi connectivity index (χ4n) is 4.94. The Bertz CT molecular complexity index is 875. The van der Waals surface area contributed by atoms with Gasteiger partial charge in [0.2, 0.25) is 0 Å². The SMILES string of the molecule is O=C(CNCC1=CC2N=C3CCN(C4CCC4)CCN3C2C=C1)OCc1ccccc1. The maximum atomic E-state index is 12.0. The summed E-state index contributed by atoms with van der Waals surface area (Å²) in [5, 5.41) is 3.21. The van der Waals surface area contributed by atoms with Gasteiger partial charge in [0.25, 0.3) is 0 Å². The maximum Gasteiger partial charge on any atom is 0.320 e. The van der Waals surface area contributed by atoms with E-state index in [9.17, 15) is 4.79 Å². The molecule has 4 aliphatic rings. The minimum atomic E-state index is -0.229. The Kier molecular flexibility index (Phi) is 6.18. The molecule has 1 aromatic rings. The van der Waals surface area contributed by atoms with E-state index in [0.29, 0.717) is 19.2 Å². The number of aliphatic imine (C=N–C) groups is 1. The van der Waals surface area contributed by atoms with Crippen molar-refractivity contribution in [3.05, 3.63) is 59.7 Å². The largest absolute Gasteiger partial charge is 0.460 e. The number of carbonyl (C=O) groups is 1. The molecular formula is C25H32N4O2. The molecule has 2 fully saturated rings. The topological polar surface area (TPSA) is 57.2 Å². The standard InChI is InChI=1S/C25H32N4O2/c30-25(31-18-19-5-2-1-3-6-19)17-26-16-20-9-10-23-22(15-20)27-24-11-12-28(13-14-29(23)24)21-7-4-8-21/h1-3,5-6,9-10,15,21-23,26H,4,7-8,11-14,16-18H2. The lowest BCUT2D eigenvalue weighted by Crippen LogP contribution is -2.44. The fraction of sp³-hybridized carbons (Fsp3) is 0.520. The summed E-state index contributed by atoms with van der Waals surface area (Å²) in [7, 11) is 0. The van der Waals surface area contributed by atoms with Gasteiger partial charge < -0.3 is 15.0 Å². The molecule has 1 saturated carbocycles. The maximum absolute atomic E-state index is 12.0. The second kappa shape index (κ2) is 9.37. The van der Waals surface area contributed by atoms with Crippen LogP contribution in [0.15, 0.2) is 59.1 Å². The Hall–Kier alpha value is -2.44. The van der Waals surface area contributed by atoms with E-state index in [-0.39, 0.29) is 18.6 Å². The molecular weight excluding hydrogens is 388 g/mol. The monoisotopic (exact) mass is 420 g/mol. The highest BCUT2D eigenvalue weighted by Gasteiger charge is 2.37. The predicted octanol–water partition coefficient (Wildman–Crippen LogP) is 2.53. The number of benzene rings is 1. The van der Waals surface area contributed by atoms with Crippen LogP contribution in [0.25, 0.3) is 0 Å². The molecule has 5 rings (SSSR count). The molecule has 0 aromatic heterocycles.